The molecule has 0 heterocycles. The summed E-state index contributed by atoms with van der Waals surface area (Å²) in [7, 11) is 1.03. The fraction of sp³-hybridized carbons (Fsp3) is 0. The van der Waals surface area contributed by atoms with Gasteiger partial charge < -0.3 is 4.74 Å². The second kappa shape index (κ2) is 4.25. The van der Waals surface area contributed by atoms with E-state index in [2.05, 4.69) is 5.82 Å². The minimum Gasteiger partial charge on any atom is -0.434 e. The number of para-hydroxylation sites is 1. The van der Waals surface area contributed by atoms with Crippen LogP contribution < -0.4 is 4.74 Å². The Morgan fingerprint density at radius 3 is 2.67 bits per heavy atom. The lowest BCUT2D eigenvalue weighted by Gasteiger charge is -1.99. The molecule has 0 aromatic heterocycles. The summed E-state index contributed by atoms with van der Waals surface area (Å²) in [5, 5.41) is 0. The predicted molar refractivity (Wildman–Crippen MR) is 47.1 cm³/mol. The number of carbonyl (C=O) groups is 1. The molecule has 0 saturated carbocycles. The highest BCUT2D eigenvalue weighted by molar-refractivity contribution is 6.78. The van der Waals surface area contributed by atoms with Gasteiger partial charge in [0.05, 0.1) is 0 Å². The van der Waals surface area contributed by atoms with E-state index in [1.54, 1.807) is 24.3 Å². The van der Waals surface area contributed by atoms with Crippen LogP contribution in [-0.2, 0) is 0 Å². The van der Waals surface area contributed by atoms with Gasteiger partial charge in [-0.25, -0.2) is 0 Å². The van der Waals surface area contributed by atoms with Crippen molar-refractivity contribution in [2.75, 3.05) is 0 Å². The van der Waals surface area contributed by atoms with E-state index in [0.29, 0.717) is 5.75 Å². The second-order valence-electron chi connectivity index (χ2n) is 2.05. The molecule has 2 nitrogen and oxygen atoms in total. The quantitative estimate of drug-likeness (QED) is 0.480. The Kier molecular flexibility index (Phi) is 2.98. The van der Waals surface area contributed by atoms with Crippen LogP contribution in [0.4, 0.5) is 4.79 Å². The molecule has 0 unspecified atom stereocenters. The molecular weight excluding hydrogens is 151 g/mol. The van der Waals surface area contributed by atoms with Gasteiger partial charge in [-0.3, -0.25) is 4.79 Å². The predicted octanol–water partition coefficient (Wildman–Crippen LogP) is 1.48. The minimum absolute atomic E-state index is 0.494. The third kappa shape index (κ3) is 2.51. The van der Waals surface area contributed by atoms with Gasteiger partial charge in [-0.2, -0.15) is 0 Å². The van der Waals surface area contributed by atoms with E-state index < -0.39 is 5.87 Å². The number of hydrogen-bond donors (Lipinski definition) is 0. The summed E-state index contributed by atoms with van der Waals surface area (Å²) < 4.78 is 4.82. The smallest absolute Gasteiger partial charge is 0.360 e. The van der Waals surface area contributed by atoms with Crippen LogP contribution in [0.15, 0.2) is 30.3 Å². The van der Waals surface area contributed by atoms with Gasteiger partial charge in [-0.15, -0.1) is 12.2 Å². The van der Waals surface area contributed by atoms with Crippen molar-refractivity contribution in [3.05, 3.63) is 30.3 Å². The summed E-state index contributed by atoms with van der Waals surface area (Å²) in [6.45, 7) is 0. The zero-order chi connectivity index (χ0) is 8.81. The normalized spacial score (nSPS) is 8.25. The number of benzene rings is 1. The topological polar surface area (TPSA) is 26.3 Å². The molecule has 0 atom stereocenters. The minimum atomic E-state index is -0.524. The molecule has 0 saturated heterocycles. The summed E-state index contributed by atoms with van der Waals surface area (Å²) in [5.41, 5.74) is 0. The summed E-state index contributed by atoms with van der Waals surface area (Å²) in [4.78, 5) is 10.8. The first-order valence-corrected chi connectivity index (χ1v) is 3.39. The van der Waals surface area contributed by atoms with Crippen LogP contribution in [0.5, 0.6) is 5.75 Å². The molecular formula is C9H6BO2. The third-order valence-corrected chi connectivity index (χ3v) is 1.16. The maximum atomic E-state index is 10.8. The first kappa shape index (κ1) is 8.41. The molecule has 1 rings (SSSR count). The Labute approximate surface area is 71.8 Å². The molecule has 0 N–H and O–H groups in total. The molecule has 0 spiro atoms. The third-order valence-electron chi connectivity index (χ3n) is 1.16. The van der Waals surface area contributed by atoms with Crippen molar-refractivity contribution in [1.82, 2.24) is 0 Å². The molecule has 0 bridgehead atoms. The molecule has 0 aliphatic rings. The van der Waals surface area contributed by atoms with Crippen molar-refractivity contribution in [3.8, 4) is 18.0 Å². The lowest BCUT2D eigenvalue weighted by molar-refractivity contribution is 0.225. The van der Waals surface area contributed by atoms with Crippen LogP contribution in [0.25, 0.3) is 0 Å². The maximum Gasteiger partial charge on any atom is 0.360 e. The van der Waals surface area contributed by atoms with Gasteiger partial charge in [0.2, 0.25) is 0 Å². The van der Waals surface area contributed by atoms with Gasteiger partial charge in [0, 0.05) is 0 Å². The molecule has 3 heteroatoms. The van der Waals surface area contributed by atoms with E-state index >= 15 is 0 Å². The number of ether oxygens (including phenoxy) is 1. The fourth-order valence-electron chi connectivity index (χ4n) is 0.702. The van der Waals surface area contributed by atoms with Gasteiger partial charge in [0.1, 0.15) is 5.75 Å². The van der Waals surface area contributed by atoms with Gasteiger partial charge in [0.15, 0.2) is 0 Å². The molecule has 0 aliphatic carbocycles. The van der Waals surface area contributed by atoms with Crippen LogP contribution in [0, 0.1) is 12.2 Å². The van der Waals surface area contributed by atoms with Crippen LogP contribution >= 0.6 is 0 Å². The van der Waals surface area contributed by atoms with Crippen molar-refractivity contribution in [3.63, 3.8) is 0 Å². The molecule has 0 aliphatic heterocycles. The Morgan fingerprint density at radius 1 is 1.42 bits per heavy atom. The van der Waals surface area contributed by atoms with Crippen LogP contribution in [0.3, 0.4) is 0 Å². The summed E-state index contributed by atoms with van der Waals surface area (Å²) in [6, 6.07) is 8.75. The van der Waals surface area contributed by atoms with E-state index in [4.69, 9.17) is 11.2 Å². The molecule has 1 aromatic rings. The van der Waals surface area contributed by atoms with Crippen molar-refractivity contribution in [2.45, 2.75) is 0 Å². The lowest BCUT2D eigenvalue weighted by Crippen LogP contribution is -2.12. The zero-order valence-electron chi connectivity index (χ0n) is 6.36. The highest BCUT2D eigenvalue weighted by atomic mass is 16.5. The summed E-state index contributed by atoms with van der Waals surface area (Å²) >= 11 is 0. The largest absolute Gasteiger partial charge is 0.434 e. The van der Waals surface area contributed by atoms with Crippen molar-refractivity contribution >= 4 is 13.1 Å². The number of carbonyl (C=O) groups excluding carboxylic acids is 1. The van der Waals surface area contributed by atoms with Crippen LogP contribution in [0.1, 0.15) is 0 Å². The Morgan fingerprint density at radius 2 is 2.08 bits per heavy atom. The molecule has 0 fully saturated rings. The van der Waals surface area contributed by atoms with E-state index in [1.165, 1.54) is 0 Å². The Bertz CT molecular complexity index is 300. The zero-order valence-corrected chi connectivity index (χ0v) is 6.36. The molecule has 57 valence electrons. The fourth-order valence-corrected chi connectivity index (χ4v) is 0.702. The van der Waals surface area contributed by atoms with Crippen molar-refractivity contribution in [1.29, 1.82) is 0 Å². The SMILES string of the molecule is C#C[B]C(=O)Oc1ccccc1. The first-order valence-electron chi connectivity index (χ1n) is 3.39. The molecule has 0 amide bonds. The van der Waals surface area contributed by atoms with Crippen LogP contribution in [-0.4, -0.2) is 13.1 Å². The van der Waals surface area contributed by atoms with Gasteiger partial charge in [-0.1, -0.05) is 18.2 Å². The van der Waals surface area contributed by atoms with Crippen molar-refractivity contribution in [2.24, 2.45) is 0 Å². The highest BCUT2D eigenvalue weighted by Gasteiger charge is 2.02. The van der Waals surface area contributed by atoms with Gasteiger partial charge in [-0.05, 0) is 12.1 Å². The Balaban J connectivity index is 2.54. The monoisotopic (exact) mass is 157 g/mol. The molecule has 1 aromatic carbocycles. The summed E-state index contributed by atoms with van der Waals surface area (Å²) in [5.74, 6) is 2.06. The van der Waals surface area contributed by atoms with E-state index in [9.17, 15) is 4.79 Å². The molecule has 1 radical (unpaired) electrons. The van der Waals surface area contributed by atoms with E-state index in [-0.39, 0.29) is 0 Å². The number of hydrogen-bond acceptors (Lipinski definition) is 2. The van der Waals surface area contributed by atoms with E-state index in [1.807, 2.05) is 6.07 Å². The molecule has 12 heavy (non-hydrogen) atoms. The van der Waals surface area contributed by atoms with E-state index in [0.717, 1.165) is 7.28 Å². The van der Waals surface area contributed by atoms with Gasteiger partial charge >= 0.3 is 7.28 Å². The highest BCUT2D eigenvalue weighted by Crippen LogP contribution is 2.07. The Hall–Kier alpha value is -1.69. The number of rotatable bonds is 2. The van der Waals surface area contributed by atoms with Crippen LogP contribution in [0.2, 0.25) is 0 Å². The lowest BCUT2D eigenvalue weighted by atomic mass is 9.81. The number of terminal acetylenes is 1. The average Bonchev–Trinajstić information content (AvgIpc) is 2.06. The average molecular weight is 157 g/mol. The maximum absolute atomic E-state index is 10.8. The summed E-state index contributed by atoms with van der Waals surface area (Å²) in [6.07, 6.45) is 4.88. The van der Waals surface area contributed by atoms with Crippen molar-refractivity contribution < 1.29 is 9.53 Å². The standard InChI is InChI=1S/C9H6BO2/c1-2-10-9(11)12-8-6-4-3-5-7-8/h1,3-7H. The van der Waals surface area contributed by atoms with Gasteiger partial charge in [0.25, 0.3) is 5.87 Å². The second-order valence-corrected chi connectivity index (χ2v) is 2.05. The first-order chi connectivity index (χ1) is 5.83.